The van der Waals surface area contributed by atoms with E-state index < -0.39 is 0 Å². The van der Waals surface area contributed by atoms with Gasteiger partial charge in [0.25, 0.3) is 0 Å². The molecule has 0 bridgehead atoms. The standard InChI is InChI=1S/C40H27N7/c1-40(2)30-18-6-3-14-28(30)34-29(15-9-19-31(34)40)35-43-38(46-32-20-7-4-12-24(32)25-13-5-8-21-33(25)46)45-39(44-35)47-36-26(16-10-22-41-36)27-17-11-23-42-37(27)47/h3-23H,1-2H3. The lowest BCUT2D eigenvalue weighted by Gasteiger charge is -2.21. The van der Waals surface area contributed by atoms with Crippen LogP contribution in [0.1, 0.15) is 25.0 Å². The summed E-state index contributed by atoms with van der Waals surface area (Å²) in [6, 6.07) is 40.0. The molecule has 10 rings (SSSR count). The van der Waals surface area contributed by atoms with E-state index in [4.69, 9.17) is 24.9 Å². The molecule has 4 aromatic carbocycles. The van der Waals surface area contributed by atoms with Gasteiger partial charge in [-0.1, -0.05) is 92.7 Å². The second kappa shape index (κ2) is 9.40. The van der Waals surface area contributed by atoms with Gasteiger partial charge in [-0.05, 0) is 58.7 Å². The summed E-state index contributed by atoms with van der Waals surface area (Å²) in [6.07, 6.45) is 3.60. The number of para-hydroxylation sites is 2. The molecule has 0 atom stereocenters. The molecule has 222 valence electrons. The van der Waals surface area contributed by atoms with E-state index in [2.05, 4.69) is 122 Å². The van der Waals surface area contributed by atoms with Crippen LogP contribution in [0.25, 0.3) is 78.3 Å². The van der Waals surface area contributed by atoms with Gasteiger partial charge in [-0.2, -0.15) is 15.0 Å². The Morgan fingerprint density at radius 2 is 1.00 bits per heavy atom. The fourth-order valence-electron chi connectivity index (χ4n) is 7.61. The monoisotopic (exact) mass is 605 g/mol. The number of rotatable bonds is 3. The van der Waals surface area contributed by atoms with Gasteiger partial charge < -0.3 is 0 Å². The lowest BCUT2D eigenvalue weighted by Crippen LogP contribution is -2.15. The summed E-state index contributed by atoms with van der Waals surface area (Å²) in [5, 5.41) is 4.27. The molecule has 7 nitrogen and oxygen atoms in total. The molecular formula is C40H27N7. The zero-order valence-electron chi connectivity index (χ0n) is 25.8. The van der Waals surface area contributed by atoms with Gasteiger partial charge in [0.15, 0.2) is 5.82 Å². The number of fused-ring (bicyclic) bond motifs is 9. The Balaban J connectivity index is 1.35. The molecule has 0 spiro atoms. The minimum atomic E-state index is -0.159. The third-order valence-electron chi connectivity index (χ3n) is 9.73. The Labute approximate surface area is 269 Å². The fraction of sp³-hybridized carbons (Fsp3) is 0.0750. The Hall–Kier alpha value is -6.21. The second-order valence-corrected chi connectivity index (χ2v) is 12.6. The molecule has 5 heterocycles. The smallest absolute Gasteiger partial charge is 0.242 e. The quantitative estimate of drug-likeness (QED) is 0.201. The highest BCUT2D eigenvalue weighted by Crippen LogP contribution is 2.51. The molecule has 1 aliphatic rings. The number of pyridine rings is 2. The van der Waals surface area contributed by atoms with Crippen LogP contribution in [0.5, 0.6) is 0 Å². The third kappa shape index (κ3) is 3.53. The van der Waals surface area contributed by atoms with Gasteiger partial charge in [0.1, 0.15) is 11.3 Å². The van der Waals surface area contributed by atoms with Crippen molar-refractivity contribution < 1.29 is 0 Å². The van der Waals surface area contributed by atoms with Crippen molar-refractivity contribution in [3.05, 3.63) is 139 Å². The Morgan fingerprint density at radius 3 is 1.68 bits per heavy atom. The molecule has 0 aliphatic heterocycles. The highest BCUT2D eigenvalue weighted by Gasteiger charge is 2.37. The summed E-state index contributed by atoms with van der Waals surface area (Å²) >= 11 is 0. The molecule has 0 amide bonds. The molecule has 0 fully saturated rings. The van der Waals surface area contributed by atoms with E-state index in [9.17, 15) is 0 Å². The van der Waals surface area contributed by atoms with E-state index in [-0.39, 0.29) is 5.41 Å². The molecule has 9 aromatic rings. The minimum absolute atomic E-state index is 0.159. The molecule has 1 aliphatic carbocycles. The zero-order chi connectivity index (χ0) is 31.3. The van der Waals surface area contributed by atoms with E-state index in [0.717, 1.165) is 55.0 Å². The van der Waals surface area contributed by atoms with E-state index in [1.807, 2.05) is 16.7 Å². The van der Waals surface area contributed by atoms with Crippen LogP contribution in [0.4, 0.5) is 0 Å². The van der Waals surface area contributed by atoms with Gasteiger partial charge in [-0.15, -0.1) is 0 Å². The Kier molecular flexibility index (Phi) is 5.21. The lowest BCUT2D eigenvalue weighted by molar-refractivity contribution is 0.660. The van der Waals surface area contributed by atoms with Crippen LogP contribution < -0.4 is 0 Å². The van der Waals surface area contributed by atoms with Crippen molar-refractivity contribution in [2.24, 2.45) is 0 Å². The summed E-state index contributed by atoms with van der Waals surface area (Å²) in [6.45, 7) is 4.58. The molecule has 0 N–H and O–H groups in total. The van der Waals surface area contributed by atoms with Crippen molar-refractivity contribution in [1.29, 1.82) is 0 Å². The van der Waals surface area contributed by atoms with Crippen LogP contribution in [-0.4, -0.2) is 34.1 Å². The first-order valence-corrected chi connectivity index (χ1v) is 15.8. The van der Waals surface area contributed by atoms with Gasteiger partial charge in [-0.3, -0.25) is 4.57 Å². The van der Waals surface area contributed by atoms with Crippen LogP contribution in [0.15, 0.2) is 128 Å². The van der Waals surface area contributed by atoms with Gasteiger partial charge in [0.2, 0.25) is 11.9 Å². The first kappa shape index (κ1) is 26.1. The highest BCUT2D eigenvalue weighted by molar-refractivity contribution is 6.09. The molecule has 7 heteroatoms. The molecule has 47 heavy (non-hydrogen) atoms. The average Bonchev–Trinajstić information content (AvgIpc) is 3.72. The molecular weight excluding hydrogens is 578 g/mol. The predicted octanol–water partition coefficient (Wildman–Crippen LogP) is 8.83. The summed E-state index contributed by atoms with van der Waals surface area (Å²) in [7, 11) is 0. The molecule has 0 radical (unpaired) electrons. The Bertz CT molecular complexity index is 2490. The summed E-state index contributed by atoms with van der Waals surface area (Å²) in [5.41, 5.74) is 9.29. The minimum Gasteiger partial charge on any atom is -0.278 e. The van der Waals surface area contributed by atoms with E-state index in [1.54, 1.807) is 12.4 Å². The first-order valence-electron chi connectivity index (χ1n) is 15.8. The first-order chi connectivity index (χ1) is 23.1. The zero-order valence-corrected chi connectivity index (χ0v) is 25.8. The number of nitrogens with zero attached hydrogens (tertiary/aromatic N) is 7. The van der Waals surface area contributed by atoms with E-state index in [0.29, 0.717) is 17.7 Å². The maximum absolute atomic E-state index is 5.30. The number of hydrogen-bond donors (Lipinski definition) is 0. The summed E-state index contributed by atoms with van der Waals surface area (Å²) in [4.78, 5) is 25.4. The lowest BCUT2D eigenvalue weighted by atomic mass is 9.82. The summed E-state index contributed by atoms with van der Waals surface area (Å²) < 4.78 is 4.11. The maximum Gasteiger partial charge on any atom is 0.242 e. The molecule has 5 aromatic heterocycles. The van der Waals surface area contributed by atoms with Crippen molar-refractivity contribution in [2.75, 3.05) is 0 Å². The maximum atomic E-state index is 5.30. The molecule has 0 saturated carbocycles. The fourth-order valence-corrected chi connectivity index (χ4v) is 7.61. The van der Waals surface area contributed by atoms with Crippen molar-refractivity contribution >= 4 is 43.9 Å². The number of benzene rings is 4. The van der Waals surface area contributed by atoms with Crippen molar-refractivity contribution in [3.63, 3.8) is 0 Å². The van der Waals surface area contributed by atoms with Crippen LogP contribution in [-0.2, 0) is 5.41 Å². The molecule has 0 unspecified atom stereocenters. The normalized spacial score (nSPS) is 13.5. The second-order valence-electron chi connectivity index (χ2n) is 12.6. The van der Waals surface area contributed by atoms with E-state index >= 15 is 0 Å². The SMILES string of the molecule is CC1(C)c2ccccc2-c2c(-c3nc(-n4c5ccccc5c5ccccc54)nc(-n4c5ncccc5c5cccnc54)n3)cccc21. The molecule has 0 saturated heterocycles. The van der Waals surface area contributed by atoms with Gasteiger partial charge in [0.05, 0.1) is 11.0 Å². The largest absolute Gasteiger partial charge is 0.278 e. The topological polar surface area (TPSA) is 74.3 Å². The van der Waals surface area contributed by atoms with Gasteiger partial charge >= 0.3 is 0 Å². The summed E-state index contributed by atoms with van der Waals surface area (Å²) in [5.74, 6) is 1.60. The van der Waals surface area contributed by atoms with Crippen LogP contribution in [0, 0.1) is 0 Å². The van der Waals surface area contributed by atoms with Crippen molar-refractivity contribution in [2.45, 2.75) is 19.3 Å². The average molecular weight is 606 g/mol. The van der Waals surface area contributed by atoms with Crippen molar-refractivity contribution in [1.82, 2.24) is 34.1 Å². The van der Waals surface area contributed by atoms with Crippen molar-refractivity contribution in [3.8, 4) is 34.4 Å². The van der Waals surface area contributed by atoms with Gasteiger partial charge in [-0.25, -0.2) is 14.5 Å². The van der Waals surface area contributed by atoms with Crippen LogP contribution in [0.2, 0.25) is 0 Å². The number of hydrogen-bond acceptors (Lipinski definition) is 5. The highest BCUT2D eigenvalue weighted by atomic mass is 15.3. The van der Waals surface area contributed by atoms with Crippen LogP contribution in [0.3, 0.4) is 0 Å². The third-order valence-corrected chi connectivity index (χ3v) is 9.73. The van der Waals surface area contributed by atoms with E-state index in [1.165, 1.54) is 16.7 Å². The predicted molar refractivity (Wildman–Crippen MR) is 187 cm³/mol. The number of aromatic nitrogens is 7. The van der Waals surface area contributed by atoms with Crippen LogP contribution >= 0.6 is 0 Å². The Morgan fingerprint density at radius 1 is 0.468 bits per heavy atom. The van der Waals surface area contributed by atoms with Gasteiger partial charge in [0, 0.05) is 44.9 Å².